The average molecular weight is 310 g/mol. The smallest absolute Gasteiger partial charge is 0.317 e. The molecule has 0 spiro atoms. The number of urea groups is 1. The lowest BCUT2D eigenvalue weighted by atomic mass is 9.86. The van der Waals surface area contributed by atoms with E-state index in [0.29, 0.717) is 11.5 Å². The van der Waals surface area contributed by atoms with E-state index in [-0.39, 0.29) is 18.1 Å². The maximum Gasteiger partial charge on any atom is 0.317 e. The van der Waals surface area contributed by atoms with Crippen molar-refractivity contribution in [1.82, 2.24) is 10.2 Å². The summed E-state index contributed by atoms with van der Waals surface area (Å²) < 4.78 is 26.3. The van der Waals surface area contributed by atoms with Crippen molar-refractivity contribution in [3.8, 4) is 0 Å². The first kappa shape index (κ1) is 16.7. The van der Waals surface area contributed by atoms with Crippen LogP contribution in [0.2, 0.25) is 0 Å². The Kier molecular flexibility index (Phi) is 5.37. The highest BCUT2D eigenvalue weighted by molar-refractivity contribution is 5.74. The molecule has 3 nitrogen and oxygen atoms in total. The van der Waals surface area contributed by atoms with Gasteiger partial charge in [0.05, 0.1) is 6.04 Å². The lowest BCUT2D eigenvalue weighted by Gasteiger charge is -2.33. The van der Waals surface area contributed by atoms with Crippen LogP contribution in [0.25, 0.3) is 0 Å². The van der Waals surface area contributed by atoms with E-state index in [4.69, 9.17) is 0 Å². The van der Waals surface area contributed by atoms with Crippen LogP contribution in [0.4, 0.5) is 13.6 Å². The zero-order valence-electron chi connectivity index (χ0n) is 13.4. The normalized spacial score (nSPS) is 23.0. The van der Waals surface area contributed by atoms with Gasteiger partial charge in [-0.25, -0.2) is 13.6 Å². The van der Waals surface area contributed by atoms with Gasteiger partial charge in [0.25, 0.3) is 0 Å². The van der Waals surface area contributed by atoms with Gasteiger partial charge in [-0.05, 0) is 43.4 Å². The number of rotatable bonds is 3. The molecular formula is C17H24F2N2O. The van der Waals surface area contributed by atoms with Gasteiger partial charge in [-0.15, -0.1) is 0 Å². The molecule has 2 amide bonds. The van der Waals surface area contributed by atoms with Crippen molar-refractivity contribution < 1.29 is 13.6 Å². The van der Waals surface area contributed by atoms with E-state index in [1.807, 2.05) is 0 Å². The summed E-state index contributed by atoms with van der Waals surface area (Å²) in [5.41, 5.74) is 0.577. The number of carbonyl (C=O) groups is 1. The van der Waals surface area contributed by atoms with Crippen LogP contribution in [0.15, 0.2) is 18.2 Å². The average Bonchev–Trinajstić information content (AvgIpc) is 2.50. The second-order valence-electron chi connectivity index (χ2n) is 6.28. The van der Waals surface area contributed by atoms with Crippen molar-refractivity contribution in [2.24, 2.45) is 5.92 Å². The summed E-state index contributed by atoms with van der Waals surface area (Å²) in [5, 5.41) is 3.06. The summed E-state index contributed by atoms with van der Waals surface area (Å²) in [6.45, 7) is 3.96. The number of hydrogen-bond donors (Lipinski definition) is 1. The lowest BCUT2D eigenvalue weighted by molar-refractivity contribution is 0.179. The number of nitrogens with one attached hydrogen (secondary N) is 1. The fourth-order valence-electron chi connectivity index (χ4n) is 2.96. The monoisotopic (exact) mass is 310 g/mol. The Hall–Kier alpha value is -1.65. The lowest BCUT2D eigenvalue weighted by Crippen LogP contribution is -2.47. The highest BCUT2D eigenvalue weighted by Gasteiger charge is 2.26. The van der Waals surface area contributed by atoms with Crippen LogP contribution >= 0.6 is 0 Å². The first-order valence-electron chi connectivity index (χ1n) is 7.88. The van der Waals surface area contributed by atoms with Gasteiger partial charge in [-0.3, -0.25) is 0 Å². The minimum absolute atomic E-state index is 0.170. The maximum absolute atomic E-state index is 13.3. The quantitative estimate of drug-likeness (QED) is 0.889. The first-order chi connectivity index (χ1) is 10.4. The Morgan fingerprint density at radius 3 is 2.59 bits per heavy atom. The predicted octanol–water partition coefficient (Wildman–Crippen LogP) is 4.25. The van der Waals surface area contributed by atoms with Crippen LogP contribution in [0.3, 0.4) is 0 Å². The molecular weight excluding hydrogens is 286 g/mol. The van der Waals surface area contributed by atoms with Gasteiger partial charge in [-0.1, -0.05) is 25.8 Å². The summed E-state index contributed by atoms with van der Waals surface area (Å²) in [6.07, 6.45) is 4.49. The highest BCUT2D eigenvalue weighted by Crippen LogP contribution is 2.25. The minimum atomic E-state index is -0.890. The minimum Gasteiger partial charge on any atom is -0.335 e. The molecule has 22 heavy (non-hydrogen) atoms. The number of hydrogen-bond acceptors (Lipinski definition) is 1. The molecule has 1 fully saturated rings. The summed E-state index contributed by atoms with van der Waals surface area (Å²) in [6, 6.07) is 3.45. The molecule has 5 heteroatoms. The van der Waals surface area contributed by atoms with Crippen molar-refractivity contribution >= 4 is 6.03 Å². The molecule has 0 bridgehead atoms. The number of carbonyl (C=O) groups excluding carboxylic acids is 1. The summed E-state index contributed by atoms with van der Waals surface area (Å²) >= 11 is 0. The molecule has 0 saturated heterocycles. The fraction of sp³-hybridized carbons (Fsp3) is 0.588. The maximum atomic E-state index is 13.3. The van der Waals surface area contributed by atoms with E-state index in [2.05, 4.69) is 12.2 Å². The summed E-state index contributed by atoms with van der Waals surface area (Å²) in [4.78, 5) is 13.9. The number of nitrogens with zero attached hydrogens (tertiary/aromatic N) is 1. The third kappa shape index (κ3) is 3.76. The van der Waals surface area contributed by atoms with Crippen LogP contribution in [0.1, 0.15) is 51.1 Å². The molecule has 0 aromatic heterocycles. The van der Waals surface area contributed by atoms with Crippen LogP contribution in [0.5, 0.6) is 0 Å². The second kappa shape index (κ2) is 7.07. The zero-order chi connectivity index (χ0) is 16.3. The Bertz CT molecular complexity index is 535. The Morgan fingerprint density at radius 1 is 1.27 bits per heavy atom. The van der Waals surface area contributed by atoms with Gasteiger partial charge in [-0.2, -0.15) is 0 Å². The van der Waals surface area contributed by atoms with Gasteiger partial charge in [0.2, 0.25) is 0 Å². The van der Waals surface area contributed by atoms with E-state index in [0.717, 1.165) is 31.4 Å². The van der Waals surface area contributed by atoms with Gasteiger partial charge in [0.15, 0.2) is 11.6 Å². The van der Waals surface area contributed by atoms with Gasteiger partial charge in [0.1, 0.15) is 0 Å². The van der Waals surface area contributed by atoms with Crippen molar-refractivity contribution in [1.29, 1.82) is 0 Å². The van der Waals surface area contributed by atoms with Gasteiger partial charge < -0.3 is 10.2 Å². The molecule has 1 aromatic carbocycles. The van der Waals surface area contributed by atoms with E-state index in [1.54, 1.807) is 14.0 Å². The summed E-state index contributed by atoms with van der Waals surface area (Å²) in [7, 11) is 1.68. The third-order valence-corrected chi connectivity index (χ3v) is 4.75. The predicted molar refractivity (Wildman–Crippen MR) is 82.5 cm³/mol. The molecule has 0 radical (unpaired) electrons. The van der Waals surface area contributed by atoms with E-state index < -0.39 is 11.6 Å². The van der Waals surface area contributed by atoms with Crippen LogP contribution in [-0.4, -0.2) is 24.0 Å². The molecule has 1 saturated carbocycles. The second-order valence-corrected chi connectivity index (χ2v) is 6.28. The van der Waals surface area contributed by atoms with E-state index in [1.165, 1.54) is 17.4 Å². The molecule has 0 unspecified atom stereocenters. The van der Waals surface area contributed by atoms with E-state index >= 15 is 0 Å². The summed E-state index contributed by atoms with van der Waals surface area (Å²) in [5.74, 6) is -1.29. The SMILES string of the molecule is C[C@@H]1CCCC[C@@H]1NC(=O)N(C)[C@@H](C)c1ccc(F)c(F)c1. The van der Waals surface area contributed by atoms with Crippen molar-refractivity contribution in [3.63, 3.8) is 0 Å². The molecule has 1 N–H and O–H groups in total. The van der Waals surface area contributed by atoms with Crippen LogP contribution in [0, 0.1) is 17.6 Å². The molecule has 122 valence electrons. The Balaban J connectivity index is 2.01. The molecule has 0 heterocycles. The molecule has 2 rings (SSSR count). The van der Waals surface area contributed by atoms with E-state index in [9.17, 15) is 13.6 Å². The molecule has 1 aliphatic carbocycles. The number of amides is 2. The molecule has 3 atom stereocenters. The third-order valence-electron chi connectivity index (χ3n) is 4.75. The molecule has 0 aliphatic heterocycles. The van der Waals surface area contributed by atoms with Crippen LogP contribution < -0.4 is 5.32 Å². The fourth-order valence-corrected chi connectivity index (χ4v) is 2.96. The highest BCUT2D eigenvalue weighted by atomic mass is 19.2. The number of halogens is 2. The molecule has 1 aromatic rings. The standard InChI is InChI=1S/C17H24F2N2O/c1-11-6-4-5-7-16(11)20-17(22)21(3)12(2)13-8-9-14(18)15(19)10-13/h8-12,16H,4-7H2,1-3H3,(H,20,22)/t11-,12+,16+/m1/s1. The van der Waals surface area contributed by atoms with Crippen molar-refractivity contribution in [2.45, 2.75) is 51.6 Å². The van der Waals surface area contributed by atoms with Crippen molar-refractivity contribution in [3.05, 3.63) is 35.4 Å². The molecule has 1 aliphatic rings. The Morgan fingerprint density at radius 2 is 1.95 bits per heavy atom. The van der Waals surface area contributed by atoms with Gasteiger partial charge in [0, 0.05) is 13.1 Å². The zero-order valence-corrected chi connectivity index (χ0v) is 13.4. The van der Waals surface area contributed by atoms with Crippen LogP contribution in [-0.2, 0) is 0 Å². The number of benzene rings is 1. The van der Waals surface area contributed by atoms with Crippen molar-refractivity contribution in [2.75, 3.05) is 7.05 Å². The van der Waals surface area contributed by atoms with Gasteiger partial charge >= 0.3 is 6.03 Å². The largest absolute Gasteiger partial charge is 0.335 e. The Labute approximate surface area is 130 Å². The first-order valence-corrected chi connectivity index (χ1v) is 7.88. The topological polar surface area (TPSA) is 32.3 Å².